The highest BCUT2D eigenvalue weighted by Gasteiger charge is 2.26. The standard InChI is InChI=1S/C21H20N2O2S/c1-14(2)25-17-9-7-16(8-10-17)20-22-18(13-26-20)21(24)23-12-11-15-5-3-4-6-19(15)23/h3-10,13-14H,11-12H2,1-2H3. The molecular formula is C21H20N2O2S. The normalized spacial score (nSPS) is 13.1. The van der Waals surface area contributed by atoms with Gasteiger partial charge in [0.2, 0.25) is 0 Å². The van der Waals surface area contributed by atoms with Crippen LogP contribution in [-0.4, -0.2) is 23.5 Å². The van der Waals surface area contributed by atoms with E-state index in [2.05, 4.69) is 11.1 Å². The molecule has 5 heteroatoms. The Bertz CT molecular complexity index is 931. The topological polar surface area (TPSA) is 42.4 Å². The van der Waals surface area contributed by atoms with Gasteiger partial charge in [0, 0.05) is 23.2 Å². The third-order valence-corrected chi connectivity index (χ3v) is 5.22. The summed E-state index contributed by atoms with van der Waals surface area (Å²) in [6.07, 6.45) is 1.05. The van der Waals surface area contributed by atoms with Crippen LogP contribution in [0.1, 0.15) is 29.9 Å². The van der Waals surface area contributed by atoms with Gasteiger partial charge in [-0.25, -0.2) is 4.98 Å². The predicted molar refractivity (Wildman–Crippen MR) is 105 cm³/mol. The fourth-order valence-corrected chi connectivity index (χ4v) is 3.94. The first-order valence-corrected chi connectivity index (χ1v) is 9.62. The summed E-state index contributed by atoms with van der Waals surface area (Å²) in [7, 11) is 0. The van der Waals surface area contributed by atoms with E-state index >= 15 is 0 Å². The van der Waals surface area contributed by atoms with Crippen LogP contribution in [0, 0.1) is 0 Å². The van der Waals surface area contributed by atoms with Gasteiger partial charge in [-0.05, 0) is 56.2 Å². The minimum absolute atomic E-state index is 0.0304. The van der Waals surface area contributed by atoms with E-state index in [1.165, 1.54) is 16.9 Å². The molecule has 0 atom stereocenters. The van der Waals surface area contributed by atoms with Gasteiger partial charge < -0.3 is 9.64 Å². The van der Waals surface area contributed by atoms with Crippen LogP contribution >= 0.6 is 11.3 Å². The second-order valence-electron chi connectivity index (χ2n) is 6.56. The Hall–Kier alpha value is -2.66. The number of hydrogen-bond donors (Lipinski definition) is 0. The third-order valence-electron chi connectivity index (χ3n) is 4.33. The summed E-state index contributed by atoms with van der Waals surface area (Å²) in [5.41, 5.74) is 3.72. The van der Waals surface area contributed by atoms with E-state index in [-0.39, 0.29) is 12.0 Å². The Kier molecular flexibility index (Phi) is 4.47. The van der Waals surface area contributed by atoms with Crippen LogP contribution in [0.5, 0.6) is 5.75 Å². The average Bonchev–Trinajstić information content (AvgIpc) is 3.29. The maximum Gasteiger partial charge on any atom is 0.277 e. The molecule has 1 amide bonds. The monoisotopic (exact) mass is 364 g/mol. The minimum Gasteiger partial charge on any atom is -0.491 e. The van der Waals surface area contributed by atoms with Gasteiger partial charge in [-0.1, -0.05) is 18.2 Å². The molecule has 0 bridgehead atoms. The van der Waals surface area contributed by atoms with Crippen molar-refractivity contribution < 1.29 is 9.53 Å². The van der Waals surface area contributed by atoms with Gasteiger partial charge in [0.05, 0.1) is 6.10 Å². The number of rotatable bonds is 4. The molecule has 1 aromatic heterocycles. The molecule has 4 rings (SSSR count). The number of ether oxygens (including phenoxy) is 1. The number of aromatic nitrogens is 1. The fourth-order valence-electron chi connectivity index (χ4n) is 3.14. The third kappa shape index (κ3) is 3.22. The average molecular weight is 364 g/mol. The second-order valence-corrected chi connectivity index (χ2v) is 7.42. The van der Waals surface area contributed by atoms with Crippen LogP contribution in [-0.2, 0) is 6.42 Å². The van der Waals surface area contributed by atoms with E-state index < -0.39 is 0 Å². The van der Waals surface area contributed by atoms with E-state index in [1.54, 1.807) is 0 Å². The smallest absolute Gasteiger partial charge is 0.277 e. The number of hydrogen-bond acceptors (Lipinski definition) is 4. The van der Waals surface area contributed by atoms with Gasteiger partial charge in [-0.2, -0.15) is 0 Å². The lowest BCUT2D eigenvalue weighted by Crippen LogP contribution is -2.29. The fraction of sp³-hybridized carbons (Fsp3) is 0.238. The lowest BCUT2D eigenvalue weighted by atomic mass is 10.2. The molecule has 26 heavy (non-hydrogen) atoms. The first kappa shape index (κ1) is 16.8. The van der Waals surface area contributed by atoms with Crippen LogP contribution in [0.3, 0.4) is 0 Å². The van der Waals surface area contributed by atoms with Crippen LogP contribution in [0.15, 0.2) is 53.9 Å². The number of para-hydroxylation sites is 1. The Morgan fingerprint density at radius 3 is 2.69 bits per heavy atom. The number of nitrogens with zero attached hydrogens (tertiary/aromatic N) is 2. The largest absolute Gasteiger partial charge is 0.491 e. The molecule has 0 radical (unpaired) electrons. The summed E-state index contributed by atoms with van der Waals surface area (Å²) in [6, 6.07) is 15.9. The Morgan fingerprint density at radius 1 is 1.15 bits per heavy atom. The van der Waals surface area contributed by atoms with Crippen molar-refractivity contribution in [3.8, 4) is 16.3 Å². The van der Waals surface area contributed by atoms with E-state index in [4.69, 9.17) is 4.74 Å². The quantitative estimate of drug-likeness (QED) is 0.668. The second kappa shape index (κ2) is 6.92. The summed E-state index contributed by atoms with van der Waals surface area (Å²) in [6.45, 7) is 4.72. The molecule has 0 saturated carbocycles. The molecule has 1 aliphatic rings. The zero-order valence-corrected chi connectivity index (χ0v) is 15.6. The van der Waals surface area contributed by atoms with E-state index in [9.17, 15) is 4.79 Å². The maximum absolute atomic E-state index is 12.9. The van der Waals surface area contributed by atoms with Crippen LogP contribution in [0.4, 0.5) is 5.69 Å². The van der Waals surface area contributed by atoms with Crippen molar-refractivity contribution in [3.63, 3.8) is 0 Å². The van der Waals surface area contributed by atoms with Gasteiger partial charge >= 0.3 is 0 Å². The number of benzene rings is 2. The Morgan fingerprint density at radius 2 is 1.92 bits per heavy atom. The van der Waals surface area contributed by atoms with Crippen molar-refractivity contribution in [1.29, 1.82) is 0 Å². The highest BCUT2D eigenvalue weighted by Crippen LogP contribution is 2.31. The molecule has 0 fully saturated rings. The summed E-state index contributed by atoms with van der Waals surface area (Å²) in [4.78, 5) is 19.3. The zero-order valence-electron chi connectivity index (χ0n) is 14.8. The van der Waals surface area contributed by atoms with E-state index in [0.717, 1.165) is 28.4 Å². The molecule has 0 saturated heterocycles. The van der Waals surface area contributed by atoms with Crippen LogP contribution < -0.4 is 9.64 Å². The number of thiazole rings is 1. The first-order chi connectivity index (χ1) is 12.6. The van der Waals surface area contributed by atoms with Gasteiger partial charge in [0.25, 0.3) is 5.91 Å². The molecular weight excluding hydrogens is 344 g/mol. The van der Waals surface area contributed by atoms with Gasteiger partial charge in [0.15, 0.2) is 0 Å². The molecule has 1 aliphatic heterocycles. The molecule has 0 spiro atoms. The molecule has 132 valence electrons. The van der Waals surface area contributed by atoms with Crippen LogP contribution in [0.2, 0.25) is 0 Å². The summed E-state index contributed by atoms with van der Waals surface area (Å²) >= 11 is 1.49. The Labute approximate surface area is 157 Å². The number of carbonyl (C=O) groups is 1. The first-order valence-electron chi connectivity index (χ1n) is 8.74. The lowest BCUT2D eigenvalue weighted by Gasteiger charge is -2.15. The molecule has 2 aromatic carbocycles. The number of fused-ring (bicyclic) bond motifs is 1. The highest BCUT2D eigenvalue weighted by atomic mass is 32.1. The maximum atomic E-state index is 12.9. The molecule has 2 heterocycles. The predicted octanol–water partition coefficient (Wildman–Crippen LogP) is 4.80. The van der Waals surface area contributed by atoms with Gasteiger partial charge in [-0.15, -0.1) is 11.3 Å². The number of amides is 1. The summed E-state index contributed by atoms with van der Waals surface area (Å²) in [5, 5.41) is 2.69. The SMILES string of the molecule is CC(C)Oc1ccc(-c2nc(C(=O)N3CCc4ccccc43)cs2)cc1. The van der Waals surface area contributed by atoms with Gasteiger partial charge in [0.1, 0.15) is 16.5 Å². The van der Waals surface area contributed by atoms with Gasteiger partial charge in [-0.3, -0.25) is 4.79 Å². The zero-order chi connectivity index (χ0) is 18.1. The molecule has 4 nitrogen and oxygen atoms in total. The van der Waals surface area contributed by atoms with Crippen LogP contribution in [0.25, 0.3) is 10.6 Å². The van der Waals surface area contributed by atoms with Crippen molar-refractivity contribution in [2.45, 2.75) is 26.4 Å². The molecule has 0 N–H and O–H groups in total. The molecule has 0 aliphatic carbocycles. The van der Waals surface area contributed by atoms with Crippen molar-refractivity contribution in [1.82, 2.24) is 4.98 Å². The molecule has 0 unspecified atom stereocenters. The van der Waals surface area contributed by atoms with Crippen molar-refractivity contribution >= 4 is 22.9 Å². The number of anilines is 1. The lowest BCUT2D eigenvalue weighted by molar-refractivity contribution is 0.0985. The minimum atomic E-state index is -0.0304. The molecule has 3 aromatic rings. The van der Waals surface area contributed by atoms with Crippen molar-refractivity contribution in [2.75, 3.05) is 11.4 Å². The highest BCUT2D eigenvalue weighted by molar-refractivity contribution is 7.13. The van der Waals surface area contributed by atoms with Crippen molar-refractivity contribution in [3.05, 3.63) is 65.2 Å². The van der Waals surface area contributed by atoms with E-state index in [1.807, 2.05) is 66.6 Å². The summed E-state index contributed by atoms with van der Waals surface area (Å²) < 4.78 is 5.67. The Balaban J connectivity index is 1.54. The number of carbonyl (C=O) groups excluding carboxylic acids is 1. The summed E-state index contributed by atoms with van der Waals surface area (Å²) in [5.74, 6) is 0.808. The van der Waals surface area contributed by atoms with Crippen molar-refractivity contribution in [2.24, 2.45) is 0 Å². The van der Waals surface area contributed by atoms with E-state index in [0.29, 0.717) is 12.2 Å².